The normalized spacial score (nSPS) is 11.9. The van der Waals surface area contributed by atoms with Crippen LogP contribution in [-0.2, 0) is 20.2 Å². The molecule has 5 aromatic rings. The van der Waals surface area contributed by atoms with Crippen molar-refractivity contribution < 1.29 is 46.0 Å². The van der Waals surface area contributed by atoms with Crippen molar-refractivity contribution in [3.63, 3.8) is 0 Å². The van der Waals surface area contributed by atoms with Crippen molar-refractivity contribution in [2.75, 3.05) is 10.6 Å². The van der Waals surface area contributed by atoms with Gasteiger partial charge in [0.2, 0.25) is 0 Å². The molecule has 0 fully saturated rings. The average molecular weight is 751 g/mol. The van der Waals surface area contributed by atoms with Gasteiger partial charge in [0.05, 0.1) is 32.6 Å². The van der Waals surface area contributed by atoms with Crippen molar-refractivity contribution in [1.29, 1.82) is 0 Å². The Kier molecular flexibility index (Phi) is 10.2. The van der Waals surface area contributed by atoms with E-state index in [0.29, 0.717) is 23.5 Å². The molecular formula is C30H22N8O12S2. The maximum absolute atomic E-state index is 11.8. The maximum Gasteiger partial charge on any atom is 0.296 e. The number of phenolic OH excluding ortho intramolecular Hbond substituents is 2. The lowest BCUT2D eigenvalue weighted by Gasteiger charge is -2.10. The first kappa shape index (κ1) is 36.4. The highest BCUT2D eigenvalue weighted by Crippen LogP contribution is 2.44. The quantitative estimate of drug-likeness (QED) is 0.0308. The summed E-state index contributed by atoms with van der Waals surface area (Å²) >= 11 is 0. The third-order valence-electron chi connectivity index (χ3n) is 6.85. The summed E-state index contributed by atoms with van der Waals surface area (Å²) in [6, 6.07) is 19.9. The highest BCUT2D eigenvalue weighted by Gasteiger charge is 2.22. The molecule has 0 radical (unpaired) electrons. The number of nitrogens with zero attached hydrogens (tertiary/aromatic N) is 6. The fourth-order valence-electron chi connectivity index (χ4n) is 4.37. The Balaban J connectivity index is 1.29. The first-order valence-corrected chi connectivity index (χ1v) is 17.0. The van der Waals surface area contributed by atoms with Crippen LogP contribution in [0.5, 0.6) is 11.5 Å². The molecule has 0 aliphatic carbocycles. The molecule has 5 aromatic carbocycles. The Bertz CT molecular complexity index is 2490. The third kappa shape index (κ3) is 8.64. The van der Waals surface area contributed by atoms with Crippen LogP contribution in [0.4, 0.5) is 56.9 Å². The minimum atomic E-state index is -4.81. The van der Waals surface area contributed by atoms with Gasteiger partial charge in [-0.15, -0.1) is 10.2 Å². The molecule has 0 amide bonds. The van der Waals surface area contributed by atoms with E-state index in [4.69, 9.17) is 0 Å². The van der Waals surface area contributed by atoms with Gasteiger partial charge < -0.3 is 20.8 Å². The highest BCUT2D eigenvalue weighted by molar-refractivity contribution is 7.86. The number of hydrogen-bond acceptors (Lipinski definition) is 16. The van der Waals surface area contributed by atoms with E-state index in [1.54, 1.807) is 0 Å². The summed E-state index contributed by atoms with van der Waals surface area (Å²) in [6.07, 6.45) is 0. The smallest absolute Gasteiger partial charge is 0.296 e. The number of nitro benzene ring substituents is 2. The lowest BCUT2D eigenvalue weighted by molar-refractivity contribution is -0.385. The Morgan fingerprint density at radius 2 is 0.981 bits per heavy atom. The van der Waals surface area contributed by atoms with Gasteiger partial charge >= 0.3 is 0 Å². The van der Waals surface area contributed by atoms with Crippen molar-refractivity contribution in [3.05, 3.63) is 117 Å². The topological polar surface area (TPSA) is 309 Å². The molecule has 0 saturated heterocycles. The van der Waals surface area contributed by atoms with Crippen LogP contribution in [0.15, 0.2) is 127 Å². The van der Waals surface area contributed by atoms with Gasteiger partial charge in [-0.3, -0.25) is 29.3 Å². The molecule has 22 heteroatoms. The molecule has 0 saturated carbocycles. The van der Waals surface area contributed by atoms with Crippen LogP contribution in [0.25, 0.3) is 0 Å². The van der Waals surface area contributed by atoms with E-state index < -0.39 is 62.7 Å². The summed E-state index contributed by atoms with van der Waals surface area (Å²) in [7, 11) is -9.62. The number of phenols is 2. The van der Waals surface area contributed by atoms with E-state index in [1.807, 2.05) is 0 Å². The Labute approximate surface area is 292 Å². The first-order valence-electron chi connectivity index (χ1n) is 14.1. The monoisotopic (exact) mass is 750 g/mol. The molecular weight excluding hydrogens is 729 g/mol. The van der Waals surface area contributed by atoms with E-state index in [1.165, 1.54) is 60.7 Å². The number of azo groups is 2. The second-order valence-corrected chi connectivity index (χ2v) is 13.1. The average Bonchev–Trinajstić information content (AvgIpc) is 3.08. The van der Waals surface area contributed by atoms with Crippen LogP contribution in [0.2, 0.25) is 0 Å². The van der Waals surface area contributed by atoms with E-state index in [-0.39, 0.29) is 34.1 Å². The SMILES string of the molecule is O=[N+]([O-])c1ccc(Nc2ccc(N=Nc3ccc(O)c(N=Nc4ccc(Nc5ccc([N+](=O)[O-])cc5S(=O)(=O)O)cc4)c3O)cc2)c(S(=O)(=O)O)c1. The third-order valence-corrected chi connectivity index (χ3v) is 8.63. The lowest BCUT2D eigenvalue weighted by atomic mass is 10.2. The summed E-state index contributed by atoms with van der Waals surface area (Å²) in [6.45, 7) is 0. The molecule has 0 aliphatic rings. The number of nitrogens with one attached hydrogen (secondary N) is 2. The predicted molar refractivity (Wildman–Crippen MR) is 183 cm³/mol. The lowest BCUT2D eigenvalue weighted by Crippen LogP contribution is -2.04. The summed E-state index contributed by atoms with van der Waals surface area (Å²) in [4.78, 5) is 19.0. The van der Waals surface area contributed by atoms with E-state index in [0.717, 1.165) is 24.3 Å². The van der Waals surface area contributed by atoms with Gasteiger partial charge in [-0.25, -0.2) is 0 Å². The van der Waals surface area contributed by atoms with Gasteiger partial charge in [0, 0.05) is 35.6 Å². The maximum atomic E-state index is 11.8. The first-order chi connectivity index (χ1) is 24.5. The predicted octanol–water partition coefficient (Wildman–Crippen LogP) is 7.73. The number of benzene rings is 5. The van der Waals surface area contributed by atoms with Crippen molar-refractivity contribution in [2.45, 2.75) is 9.79 Å². The number of anilines is 4. The van der Waals surface area contributed by atoms with Crippen molar-refractivity contribution >= 4 is 77.1 Å². The zero-order chi connectivity index (χ0) is 37.8. The molecule has 0 aliphatic heterocycles. The molecule has 6 N–H and O–H groups in total. The molecule has 5 rings (SSSR count). The van der Waals surface area contributed by atoms with Crippen LogP contribution < -0.4 is 10.6 Å². The van der Waals surface area contributed by atoms with Gasteiger partial charge in [0.15, 0.2) is 11.4 Å². The zero-order valence-corrected chi connectivity index (χ0v) is 27.4. The summed E-state index contributed by atoms with van der Waals surface area (Å²) in [5.41, 5.74) is -0.662. The van der Waals surface area contributed by atoms with Gasteiger partial charge in [-0.1, -0.05) is 0 Å². The fourth-order valence-corrected chi connectivity index (χ4v) is 5.71. The summed E-state index contributed by atoms with van der Waals surface area (Å²) in [5.74, 6) is -1.02. The number of aromatic hydroxyl groups is 2. The van der Waals surface area contributed by atoms with Crippen LogP contribution in [-0.4, -0.2) is 46.0 Å². The number of non-ortho nitro benzene ring substituents is 2. The van der Waals surface area contributed by atoms with Crippen LogP contribution >= 0.6 is 0 Å². The van der Waals surface area contributed by atoms with E-state index >= 15 is 0 Å². The van der Waals surface area contributed by atoms with Crippen LogP contribution in [0, 0.1) is 20.2 Å². The molecule has 0 aromatic heterocycles. The number of nitro groups is 2. The largest absolute Gasteiger partial charge is 0.505 e. The molecule has 0 bridgehead atoms. The molecule has 20 nitrogen and oxygen atoms in total. The highest BCUT2D eigenvalue weighted by atomic mass is 32.2. The van der Waals surface area contributed by atoms with Crippen molar-refractivity contribution in [1.82, 2.24) is 0 Å². The van der Waals surface area contributed by atoms with Crippen LogP contribution in [0.1, 0.15) is 0 Å². The van der Waals surface area contributed by atoms with Gasteiger partial charge in [-0.2, -0.15) is 27.1 Å². The van der Waals surface area contributed by atoms with E-state index in [2.05, 4.69) is 31.1 Å². The van der Waals surface area contributed by atoms with Gasteiger partial charge in [0.1, 0.15) is 21.2 Å². The van der Waals surface area contributed by atoms with Crippen LogP contribution in [0.3, 0.4) is 0 Å². The second kappa shape index (κ2) is 14.5. The molecule has 0 heterocycles. The Morgan fingerprint density at radius 3 is 1.38 bits per heavy atom. The van der Waals surface area contributed by atoms with Crippen molar-refractivity contribution in [3.8, 4) is 11.5 Å². The molecule has 52 heavy (non-hydrogen) atoms. The minimum absolute atomic E-state index is 0.102. The van der Waals surface area contributed by atoms with E-state index in [9.17, 15) is 56.4 Å². The fraction of sp³-hybridized carbons (Fsp3) is 0. The molecule has 266 valence electrons. The Morgan fingerprint density at radius 1 is 0.558 bits per heavy atom. The summed E-state index contributed by atoms with van der Waals surface area (Å²) < 4.78 is 66.2. The minimum Gasteiger partial charge on any atom is -0.505 e. The zero-order valence-electron chi connectivity index (χ0n) is 25.8. The second-order valence-electron chi connectivity index (χ2n) is 10.4. The Hall–Kier alpha value is -6.88. The van der Waals surface area contributed by atoms with Crippen molar-refractivity contribution in [2.24, 2.45) is 20.5 Å². The van der Waals surface area contributed by atoms with Gasteiger partial charge in [-0.05, 0) is 72.8 Å². The number of hydrogen-bond donors (Lipinski definition) is 6. The van der Waals surface area contributed by atoms with Gasteiger partial charge in [0.25, 0.3) is 31.6 Å². The number of rotatable bonds is 12. The molecule has 0 atom stereocenters. The standard InChI is InChI=1S/C30H22N8O12S2/c39-26-14-13-25(35-33-19-5-1-17(2-6-19)31-23-11-9-21(37(41)42)15-27(23)51(45,46)47)30(40)29(26)36-34-20-7-3-18(4-8-20)32-24-12-10-22(38(43)44)16-28(24)52(48,49)50/h1-16,31-32,39-40H,(H,45,46,47)(H,48,49,50). The summed E-state index contributed by atoms with van der Waals surface area (Å²) in [5, 5.41) is 64.4. The molecule has 0 unspecified atom stereocenters. The molecule has 0 spiro atoms.